The third kappa shape index (κ3) is 4.26. The lowest BCUT2D eigenvalue weighted by atomic mass is 9.83. The molecule has 100 valence electrons. The Bertz CT molecular complexity index is 201. The average molecular weight is 239 g/mol. The molecule has 0 spiro atoms. The van der Waals surface area contributed by atoms with Crippen molar-refractivity contribution in [1.82, 2.24) is 5.32 Å². The third-order valence-corrected chi connectivity index (χ3v) is 4.57. The zero-order valence-electron chi connectivity index (χ0n) is 11.4. The SMILES string of the molecule is CCC1CCCCC1NCCCC1CCCO1. The third-order valence-electron chi connectivity index (χ3n) is 4.57. The first-order valence-corrected chi connectivity index (χ1v) is 7.75. The zero-order valence-corrected chi connectivity index (χ0v) is 11.4. The number of ether oxygens (including phenoxy) is 1. The van der Waals surface area contributed by atoms with Crippen LogP contribution in [0.4, 0.5) is 0 Å². The number of hydrogen-bond donors (Lipinski definition) is 1. The van der Waals surface area contributed by atoms with Crippen molar-refractivity contribution in [2.45, 2.75) is 76.9 Å². The Balaban J connectivity index is 1.56. The number of hydrogen-bond acceptors (Lipinski definition) is 2. The molecule has 0 aromatic heterocycles. The molecular weight excluding hydrogens is 210 g/mol. The van der Waals surface area contributed by atoms with Gasteiger partial charge in [0, 0.05) is 12.6 Å². The van der Waals surface area contributed by atoms with Gasteiger partial charge in [-0.15, -0.1) is 0 Å². The van der Waals surface area contributed by atoms with Crippen LogP contribution in [0.5, 0.6) is 0 Å². The number of nitrogens with one attached hydrogen (secondary N) is 1. The molecule has 0 amide bonds. The zero-order chi connectivity index (χ0) is 11.9. The predicted molar refractivity (Wildman–Crippen MR) is 72.2 cm³/mol. The van der Waals surface area contributed by atoms with Gasteiger partial charge >= 0.3 is 0 Å². The summed E-state index contributed by atoms with van der Waals surface area (Å²) in [6, 6.07) is 0.804. The van der Waals surface area contributed by atoms with E-state index < -0.39 is 0 Å². The molecular formula is C15H29NO. The molecule has 2 aliphatic rings. The van der Waals surface area contributed by atoms with E-state index in [0.29, 0.717) is 6.10 Å². The average Bonchev–Trinajstić information content (AvgIpc) is 2.88. The van der Waals surface area contributed by atoms with Crippen LogP contribution >= 0.6 is 0 Å². The van der Waals surface area contributed by atoms with Crippen molar-refractivity contribution >= 4 is 0 Å². The van der Waals surface area contributed by atoms with Gasteiger partial charge in [0.2, 0.25) is 0 Å². The molecule has 2 rings (SSSR count). The molecule has 1 saturated heterocycles. The largest absolute Gasteiger partial charge is 0.378 e. The smallest absolute Gasteiger partial charge is 0.0576 e. The van der Waals surface area contributed by atoms with E-state index in [-0.39, 0.29) is 0 Å². The molecule has 3 atom stereocenters. The van der Waals surface area contributed by atoms with E-state index in [1.165, 1.54) is 64.3 Å². The van der Waals surface area contributed by atoms with Crippen molar-refractivity contribution in [3.05, 3.63) is 0 Å². The highest BCUT2D eigenvalue weighted by Crippen LogP contribution is 2.26. The van der Waals surface area contributed by atoms with Crippen LogP contribution in [-0.4, -0.2) is 25.3 Å². The van der Waals surface area contributed by atoms with Gasteiger partial charge in [-0.2, -0.15) is 0 Å². The van der Waals surface area contributed by atoms with E-state index in [2.05, 4.69) is 12.2 Å². The number of rotatable bonds is 6. The summed E-state index contributed by atoms with van der Waals surface area (Å²) in [6.45, 7) is 4.54. The van der Waals surface area contributed by atoms with Crippen LogP contribution in [0.25, 0.3) is 0 Å². The highest BCUT2D eigenvalue weighted by molar-refractivity contribution is 4.80. The summed E-state index contributed by atoms with van der Waals surface area (Å²) in [5, 5.41) is 3.79. The molecule has 17 heavy (non-hydrogen) atoms. The molecule has 0 bridgehead atoms. The van der Waals surface area contributed by atoms with E-state index in [0.717, 1.165) is 18.6 Å². The van der Waals surface area contributed by atoms with Gasteiger partial charge in [0.1, 0.15) is 0 Å². The van der Waals surface area contributed by atoms with E-state index in [1.807, 2.05) is 0 Å². The second kappa shape index (κ2) is 7.38. The van der Waals surface area contributed by atoms with Crippen molar-refractivity contribution in [2.24, 2.45) is 5.92 Å². The van der Waals surface area contributed by atoms with Crippen molar-refractivity contribution < 1.29 is 4.74 Å². The normalized spacial score (nSPS) is 34.1. The molecule has 2 fully saturated rings. The van der Waals surface area contributed by atoms with Gasteiger partial charge in [-0.3, -0.25) is 0 Å². The van der Waals surface area contributed by atoms with E-state index >= 15 is 0 Å². The summed E-state index contributed by atoms with van der Waals surface area (Å²) in [5.41, 5.74) is 0. The molecule has 1 saturated carbocycles. The van der Waals surface area contributed by atoms with Crippen molar-refractivity contribution in [2.75, 3.05) is 13.2 Å². The summed E-state index contributed by atoms with van der Waals surface area (Å²) < 4.78 is 5.66. The maximum absolute atomic E-state index is 5.66. The highest BCUT2D eigenvalue weighted by Gasteiger charge is 2.22. The van der Waals surface area contributed by atoms with E-state index in [9.17, 15) is 0 Å². The monoisotopic (exact) mass is 239 g/mol. The molecule has 1 heterocycles. The fourth-order valence-electron chi connectivity index (χ4n) is 3.45. The van der Waals surface area contributed by atoms with Crippen molar-refractivity contribution in [3.63, 3.8) is 0 Å². The van der Waals surface area contributed by atoms with Gasteiger partial charge in [0.15, 0.2) is 0 Å². The Morgan fingerprint density at radius 2 is 2.00 bits per heavy atom. The second-order valence-corrected chi connectivity index (χ2v) is 5.79. The lowest BCUT2D eigenvalue weighted by molar-refractivity contribution is 0.102. The van der Waals surface area contributed by atoms with Crippen LogP contribution in [0.2, 0.25) is 0 Å². The predicted octanol–water partition coefficient (Wildman–Crippen LogP) is 3.50. The lowest BCUT2D eigenvalue weighted by Crippen LogP contribution is -2.38. The summed E-state index contributed by atoms with van der Waals surface area (Å²) in [7, 11) is 0. The van der Waals surface area contributed by atoms with Crippen LogP contribution < -0.4 is 5.32 Å². The Morgan fingerprint density at radius 3 is 2.76 bits per heavy atom. The molecule has 3 unspecified atom stereocenters. The van der Waals surface area contributed by atoms with E-state index in [4.69, 9.17) is 4.74 Å². The van der Waals surface area contributed by atoms with Crippen LogP contribution in [-0.2, 0) is 4.74 Å². The van der Waals surface area contributed by atoms with Crippen LogP contribution in [0.3, 0.4) is 0 Å². The molecule has 2 nitrogen and oxygen atoms in total. The molecule has 0 aromatic carbocycles. The second-order valence-electron chi connectivity index (χ2n) is 5.79. The summed E-state index contributed by atoms with van der Waals surface area (Å²) in [6.07, 6.45) is 12.8. The van der Waals surface area contributed by atoms with Crippen LogP contribution in [0, 0.1) is 5.92 Å². The molecule has 0 aromatic rings. The van der Waals surface area contributed by atoms with Crippen LogP contribution in [0.15, 0.2) is 0 Å². The molecule has 1 aliphatic heterocycles. The summed E-state index contributed by atoms with van der Waals surface area (Å²) in [5.74, 6) is 0.937. The van der Waals surface area contributed by atoms with Gasteiger partial charge in [-0.25, -0.2) is 0 Å². The van der Waals surface area contributed by atoms with Gasteiger partial charge in [-0.05, 0) is 51.0 Å². The van der Waals surface area contributed by atoms with Crippen molar-refractivity contribution in [1.29, 1.82) is 0 Å². The Labute approximate surface area is 107 Å². The maximum atomic E-state index is 5.66. The minimum absolute atomic E-state index is 0.574. The molecule has 1 aliphatic carbocycles. The summed E-state index contributed by atoms with van der Waals surface area (Å²) >= 11 is 0. The fourth-order valence-corrected chi connectivity index (χ4v) is 3.45. The van der Waals surface area contributed by atoms with Gasteiger partial charge in [0.05, 0.1) is 6.10 Å². The molecule has 0 radical (unpaired) electrons. The topological polar surface area (TPSA) is 21.3 Å². The van der Waals surface area contributed by atoms with Gasteiger partial charge in [0.25, 0.3) is 0 Å². The van der Waals surface area contributed by atoms with Crippen LogP contribution in [0.1, 0.15) is 64.7 Å². The van der Waals surface area contributed by atoms with Gasteiger partial charge in [-0.1, -0.05) is 26.2 Å². The first-order valence-electron chi connectivity index (χ1n) is 7.75. The molecule has 2 heteroatoms. The van der Waals surface area contributed by atoms with Gasteiger partial charge < -0.3 is 10.1 Å². The molecule has 1 N–H and O–H groups in total. The standard InChI is InChI=1S/C15H29NO/c1-2-13-7-3-4-10-15(13)16-11-5-8-14-9-6-12-17-14/h13-16H,2-12H2,1H3. The fraction of sp³-hybridized carbons (Fsp3) is 1.00. The maximum Gasteiger partial charge on any atom is 0.0576 e. The minimum Gasteiger partial charge on any atom is -0.378 e. The van der Waals surface area contributed by atoms with E-state index in [1.54, 1.807) is 0 Å². The Morgan fingerprint density at radius 1 is 1.12 bits per heavy atom. The quantitative estimate of drug-likeness (QED) is 0.716. The minimum atomic E-state index is 0.574. The Hall–Kier alpha value is -0.0800. The van der Waals surface area contributed by atoms with Crippen molar-refractivity contribution in [3.8, 4) is 0 Å². The highest BCUT2D eigenvalue weighted by atomic mass is 16.5. The first kappa shape index (κ1) is 13.4. The Kier molecular flexibility index (Phi) is 5.79. The summed E-state index contributed by atoms with van der Waals surface area (Å²) in [4.78, 5) is 0. The lowest BCUT2D eigenvalue weighted by Gasteiger charge is -2.31. The first-order chi connectivity index (χ1) is 8.40.